The number of benzene rings is 1. The summed E-state index contributed by atoms with van der Waals surface area (Å²) in [6.07, 6.45) is 5.44. The molecule has 1 N–H and O–H groups in total. The van der Waals surface area contributed by atoms with Crippen LogP contribution in [0.3, 0.4) is 0 Å². The number of aromatic nitrogens is 2. The number of rotatable bonds is 5. The molecule has 2 aliphatic rings. The van der Waals surface area contributed by atoms with Crippen molar-refractivity contribution in [2.24, 2.45) is 0 Å². The number of hydrogen-bond donors (Lipinski definition) is 1. The number of thiophene rings is 1. The fourth-order valence-electron chi connectivity index (χ4n) is 4.27. The summed E-state index contributed by atoms with van der Waals surface area (Å²) in [5, 5.41) is 1.34. The Kier molecular flexibility index (Phi) is 4.67. The van der Waals surface area contributed by atoms with Crippen molar-refractivity contribution in [2.45, 2.75) is 19.3 Å². The van der Waals surface area contributed by atoms with E-state index in [1.165, 1.54) is 45.7 Å². The van der Waals surface area contributed by atoms with Crippen LogP contribution in [0.5, 0.6) is 5.75 Å². The van der Waals surface area contributed by atoms with Gasteiger partial charge in [-0.3, -0.25) is 0 Å². The number of anilines is 1. The summed E-state index contributed by atoms with van der Waals surface area (Å²) < 4.78 is 5.86. The molecule has 0 amide bonds. The van der Waals surface area contributed by atoms with Crippen LogP contribution >= 0.6 is 11.3 Å². The van der Waals surface area contributed by atoms with Crippen molar-refractivity contribution in [3.8, 4) is 5.75 Å². The van der Waals surface area contributed by atoms with Crippen molar-refractivity contribution in [3.05, 3.63) is 47.1 Å². The van der Waals surface area contributed by atoms with E-state index in [0.717, 1.165) is 45.1 Å². The average Bonchev–Trinajstić information content (AvgIpc) is 3.30. The fourth-order valence-corrected chi connectivity index (χ4v) is 5.49. The van der Waals surface area contributed by atoms with Crippen molar-refractivity contribution in [3.63, 3.8) is 0 Å². The van der Waals surface area contributed by atoms with Crippen molar-refractivity contribution < 1.29 is 9.64 Å². The van der Waals surface area contributed by atoms with Gasteiger partial charge in [0, 0.05) is 4.88 Å². The van der Waals surface area contributed by atoms with Gasteiger partial charge in [-0.25, -0.2) is 9.97 Å². The number of quaternary nitrogens is 1. The van der Waals surface area contributed by atoms with E-state index in [-0.39, 0.29) is 0 Å². The van der Waals surface area contributed by atoms with Gasteiger partial charge in [0.15, 0.2) is 0 Å². The molecule has 3 aromatic rings. The quantitative estimate of drug-likeness (QED) is 0.734. The molecule has 0 atom stereocenters. The Morgan fingerprint density at radius 2 is 1.93 bits per heavy atom. The molecule has 2 aromatic heterocycles. The largest absolute Gasteiger partial charge is 0.488 e. The smallest absolute Gasteiger partial charge is 0.141 e. The first-order valence-electron chi connectivity index (χ1n) is 9.90. The van der Waals surface area contributed by atoms with Crippen LogP contribution in [-0.4, -0.2) is 49.3 Å². The Bertz CT molecular complexity index is 919. The molecule has 140 valence electrons. The number of hydrogen-bond acceptors (Lipinski definition) is 5. The summed E-state index contributed by atoms with van der Waals surface area (Å²) >= 11 is 1.87. The van der Waals surface area contributed by atoms with Crippen molar-refractivity contribution in [1.29, 1.82) is 0 Å². The molecule has 0 unspecified atom stereocenters. The van der Waals surface area contributed by atoms with Gasteiger partial charge in [0.05, 0.1) is 31.6 Å². The normalized spacial score (nSPS) is 17.4. The number of para-hydroxylation sites is 1. The number of nitrogens with one attached hydrogen (secondary N) is 1. The Labute approximate surface area is 163 Å². The number of ether oxygens (including phenoxy) is 1. The van der Waals surface area contributed by atoms with Gasteiger partial charge in [-0.05, 0) is 37.0 Å². The predicted molar refractivity (Wildman–Crippen MR) is 109 cm³/mol. The van der Waals surface area contributed by atoms with E-state index in [9.17, 15) is 0 Å². The molecular formula is C21H25N4OS+. The lowest BCUT2D eigenvalue weighted by Crippen LogP contribution is -3.15. The third kappa shape index (κ3) is 3.39. The van der Waals surface area contributed by atoms with E-state index in [1.54, 1.807) is 11.2 Å². The summed E-state index contributed by atoms with van der Waals surface area (Å²) in [6.45, 7) is 6.20. The Morgan fingerprint density at radius 1 is 1.07 bits per heavy atom. The molecule has 3 heterocycles. The van der Waals surface area contributed by atoms with E-state index in [0.29, 0.717) is 0 Å². The van der Waals surface area contributed by atoms with E-state index in [1.807, 2.05) is 41.7 Å². The molecule has 0 spiro atoms. The molecule has 0 saturated carbocycles. The minimum Gasteiger partial charge on any atom is -0.488 e. The average molecular weight is 382 g/mol. The number of piperazine rings is 1. The molecule has 1 saturated heterocycles. The molecule has 5 nitrogen and oxygen atoms in total. The van der Waals surface area contributed by atoms with Crippen molar-refractivity contribution >= 4 is 27.4 Å². The third-order valence-electron chi connectivity index (χ3n) is 5.72. The summed E-state index contributed by atoms with van der Waals surface area (Å²) in [5.74, 6) is 2.13. The second-order valence-electron chi connectivity index (χ2n) is 7.38. The lowest BCUT2D eigenvalue weighted by molar-refractivity contribution is -0.900. The molecule has 1 fully saturated rings. The lowest BCUT2D eigenvalue weighted by Gasteiger charge is -2.33. The van der Waals surface area contributed by atoms with Gasteiger partial charge in [-0.1, -0.05) is 18.2 Å². The molecule has 5 rings (SSSR count). The van der Waals surface area contributed by atoms with Crippen LogP contribution in [0, 0.1) is 0 Å². The van der Waals surface area contributed by atoms with Crippen LogP contribution in [0.1, 0.15) is 16.9 Å². The molecule has 1 aliphatic carbocycles. The maximum atomic E-state index is 5.86. The topological polar surface area (TPSA) is 42.7 Å². The highest BCUT2D eigenvalue weighted by atomic mass is 32.1. The van der Waals surface area contributed by atoms with Gasteiger partial charge in [-0.15, -0.1) is 11.3 Å². The molecule has 0 bridgehead atoms. The number of fused-ring (bicyclic) bond motifs is 3. The highest BCUT2D eigenvalue weighted by molar-refractivity contribution is 7.19. The first-order valence-corrected chi connectivity index (χ1v) is 10.7. The van der Waals surface area contributed by atoms with Crippen LogP contribution in [0.2, 0.25) is 0 Å². The van der Waals surface area contributed by atoms with E-state index in [4.69, 9.17) is 9.72 Å². The monoisotopic (exact) mass is 381 g/mol. The van der Waals surface area contributed by atoms with Crippen LogP contribution in [0.4, 0.5) is 5.82 Å². The van der Waals surface area contributed by atoms with Crippen LogP contribution < -0.4 is 14.5 Å². The molecule has 6 heteroatoms. The molecular weight excluding hydrogens is 356 g/mol. The molecule has 0 radical (unpaired) electrons. The Hall–Kier alpha value is -2.18. The fraction of sp³-hybridized carbons (Fsp3) is 0.429. The zero-order valence-electron chi connectivity index (χ0n) is 15.5. The zero-order valence-corrected chi connectivity index (χ0v) is 16.3. The minimum absolute atomic E-state index is 0.773. The molecule has 1 aromatic carbocycles. The zero-order chi connectivity index (χ0) is 18.1. The standard InChI is InChI=1S/C21H24N4OS/c1-2-5-16(6-3-1)26-14-13-24-9-11-25(12-10-24)20-19-17-7-4-8-18(17)27-21(19)23-15-22-20/h1-3,5-6,15H,4,7-14H2/p+1. The Morgan fingerprint density at radius 3 is 2.78 bits per heavy atom. The van der Waals surface area contributed by atoms with E-state index in [2.05, 4.69) is 9.88 Å². The highest BCUT2D eigenvalue weighted by Crippen LogP contribution is 2.40. The van der Waals surface area contributed by atoms with Crippen LogP contribution in [0.25, 0.3) is 10.2 Å². The summed E-state index contributed by atoms with van der Waals surface area (Å²) in [7, 11) is 0. The van der Waals surface area contributed by atoms with Gasteiger partial charge in [0.1, 0.15) is 35.9 Å². The van der Waals surface area contributed by atoms with E-state index >= 15 is 0 Å². The van der Waals surface area contributed by atoms with Crippen LogP contribution in [0.15, 0.2) is 36.7 Å². The van der Waals surface area contributed by atoms with Gasteiger partial charge < -0.3 is 14.5 Å². The summed E-state index contributed by atoms with van der Waals surface area (Å²) in [6, 6.07) is 10.1. The molecule has 27 heavy (non-hydrogen) atoms. The van der Waals surface area contributed by atoms with Crippen molar-refractivity contribution in [1.82, 2.24) is 9.97 Å². The van der Waals surface area contributed by atoms with Gasteiger partial charge in [0.2, 0.25) is 0 Å². The maximum Gasteiger partial charge on any atom is 0.141 e. The van der Waals surface area contributed by atoms with E-state index < -0.39 is 0 Å². The highest BCUT2D eigenvalue weighted by Gasteiger charge is 2.26. The van der Waals surface area contributed by atoms with Crippen LogP contribution in [-0.2, 0) is 12.8 Å². The first-order chi connectivity index (χ1) is 13.4. The summed E-state index contributed by atoms with van der Waals surface area (Å²) in [4.78, 5) is 16.0. The summed E-state index contributed by atoms with van der Waals surface area (Å²) in [5.41, 5.74) is 1.52. The Balaban J connectivity index is 1.22. The first kappa shape index (κ1) is 17.0. The lowest BCUT2D eigenvalue weighted by atomic mass is 10.1. The maximum absolute atomic E-state index is 5.86. The van der Waals surface area contributed by atoms with Crippen molar-refractivity contribution in [2.75, 3.05) is 44.2 Å². The van der Waals surface area contributed by atoms with Gasteiger partial charge in [-0.2, -0.15) is 0 Å². The van der Waals surface area contributed by atoms with Gasteiger partial charge >= 0.3 is 0 Å². The molecule has 1 aliphatic heterocycles. The number of nitrogens with zero attached hydrogens (tertiary/aromatic N) is 3. The number of aryl methyl sites for hydroxylation is 2. The predicted octanol–water partition coefficient (Wildman–Crippen LogP) is 1.96. The van der Waals surface area contributed by atoms with Gasteiger partial charge in [0.25, 0.3) is 0 Å². The third-order valence-corrected chi connectivity index (χ3v) is 6.92. The minimum atomic E-state index is 0.773. The second kappa shape index (κ2) is 7.44. The SMILES string of the molecule is c1ccc(OCC[NH+]2CCN(c3ncnc4sc5c(c34)CCC5)CC2)cc1. The second-order valence-corrected chi connectivity index (χ2v) is 8.47.